The fourth-order valence-corrected chi connectivity index (χ4v) is 4.35. The molecular formula is C24H34N2O. The summed E-state index contributed by atoms with van der Waals surface area (Å²) in [4.78, 5) is 4.85. The normalized spacial score (nSPS) is 22.6. The van der Waals surface area contributed by atoms with Gasteiger partial charge < -0.3 is 5.11 Å². The quantitative estimate of drug-likeness (QED) is 0.716. The smallest absolute Gasteiger partial charge is 0.0850 e. The number of rotatable bonds is 9. The highest BCUT2D eigenvalue weighted by Crippen LogP contribution is 2.30. The van der Waals surface area contributed by atoms with Gasteiger partial charge in [0.15, 0.2) is 0 Å². The minimum absolute atomic E-state index is 0.232. The molecule has 3 nitrogen and oxygen atoms in total. The molecule has 2 aromatic carbocycles. The van der Waals surface area contributed by atoms with Gasteiger partial charge in [-0.1, -0.05) is 74.0 Å². The van der Waals surface area contributed by atoms with Crippen LogP contribution in [0.4, 0.5) is 0 Å². The monoisotopic (exact) mass is 366 g/mol. The molecule has 1 fully saturated rings. The predicted molar refractivity (Wildman–Crippen MR) is 112 cm³/mol. The van der Waals surface area contributed by atoms with Crippen LogP contribution in [-0.2, 0) is 13.1 Å². The van der Waals surface area contributed by atoms with E-state index in [0.29, 0.717) is 0 Å². The number of aliphatic hydroxyl groups is 1. The average molecular weight is 367 g/mol. The Labute approximate surface area is 164 Å². The van der Waals surface area contributed by atoms with Gasteiger partial charge in [-0.25, -0.2) is 0 Å². The third-order valence-electron chi connectivity index (χ3n) is 5.88. The van der Waals surface area contributed by atoms with Crippen LogP contribution < -0.4 is 0 Å². The number of hydrogen-bond acceptors (Lipinski definition) is 3. The van der Waals surface area contributed by atoms with Crippen molar-refractivity contribution in [3.63, 3.8) is 0 Å². The Hall–Kier alpha value is -1.68. The van der Waals surface area contributed by atoms with Gasteiger partial charge in [0.25, 0.3) is 0 Å². The maximum absolute atomic E-state index is 11.2. The van der Waals surface area contributed by atoms with E-state index in [9.17, 15) is 5.11 Å². The van der Waals surface area contributed by atoms with Crippen molar-refractivity contribution in [1.29, 1.82) is 0 Å². The zero-order valence-electron chi connectivity index (χ0n) is 16.8. The van der Waals surface area contributed by atoms with E-state index in [1.54, 1.807) is 0 Å². The van der Waals surface area contributed by atoms with E-state index < -0.39 is 0 Å². The third-order valence-corrected chi connectivity index (χ3v) is 5.88. The zero-order valence-corrected chi connectivity index (χ0v) is 16.8. The van der Waals surface area contributed by atoms with Crippen LogP contribution in [0, 0.1) is 0 Å². The van der Waals surface area contributed by atoms with Crippen molar-refractivity contribution in [1.82, 2.24) is 9.80 Å². The molecule has 0 aromatic heterocycles. The van der Waals surface area contributed by atoms with Crippen LogP contribution in [-0.4, -0.2) is 46.7 Å². The molecule has 1 N–H and O–H groups in total. The molecule has 1 saturated carbocycles. The second-order valence-electron chi connectivity index (χ2n) is 7.91. The molecule has 0 amide bonds. The number of hydrogen-bond donors (Lipinski definition) is 1. The largest absolute Gasteiger partial charge is 0.390 e. The Morgan fingerprint density at radius 1 is 0.852 bits per heavy atom. The van der Waals surface area contributed by atoms with Crippen molar-refractivity contribution in [3.05, 3.63) is 71.8 Å². The minimum atomic E-state index is -0.292. The highest BCUT2D eigenvalue weighted by molar-refractivity contribution is 5.16. The molecule has 0 aliphatic heterocycles. The Bertz CT molecular complexity index is 661. The number of nitrogens with zero attached hydrogens (tertiary/aromatic N) is 2. The van der Waals surface area contributed by atoms with Crippen LogP contribution in [0.2, 0.25) is 0 Å². The van der Waals surface area contributed by atoms with Crippen molar-refractivity contribution in [2.75, 3.05) is 13.6 Å². The summed E-state index contributed by atoms with van der Waals surface area (Å²) < 4.78 is 0. The molecule has 1 aliphatic rings. The van der Waals surface area contributed by atoms with Crippen LogP contribution in [0.1, 0.15) is 43.7 Å². The molecule has 0 spiro atoms. The molecule has 0 saturated heterocycles. The van der Waals surface area contributed by atoms with E-state index in [0.717, 1.165) is 32.5 Å². The van der Waals surface area contributed by atoms with Gasteiger partial charge in [-0.3, -0.25) is 9.80 Å². The summed E-state index contributed by atoms with van der Waals surface area (Å²) in [6, 6.07) is 21.7. The fraction of sp³-hybridized carbons (Fsp3) is 0.500. The molecule has 1 aliphatic carbocycles. The van der Waals surface area contributed by atoms with E-state index in [1.807, 2.05) is 0 Å². The molecule has 0 bridgehead atoms. The lowest BCUT2D eigenvalue weighted by molar-refractivity contribution is 0.0208. The summed E-state index contributed by atoms with van der Waals surface area (Å²) in [5.74, 6) is 0. The lowest BCUT2D eigenvalue weighted by Gasteiger charge is -2.34. The summed E-state index contributed by atoms with van der Waals surface area (Å²) in [6.45, 7) is 5.12. The van der Waals surface area contributed by atoms with Gasteiger partial charge in [0, 0.05) is 25.2 Å². The molecular weight excluding hydrogens is 332 g/mol. The summed E-state index contributed by atoms with van der Waals surface area (Å²) in [7, 11) is 2.15. The molecule has 146 valence electrons. The predicted octanol–water partition coefficient (Wildman–Crippen LogP) is 4.31. The Morgan fingerprint density at radius 3 is 2.00 bits per heavy atom. The molecule has 0 heterocycles. The van der Waals surface area contributed by atoms with Gasteiger partial charge in [-0.15, -0.1) is 0 Å². The number of aliphatic hydroxyl groups excluding tert-OH is 1. The second-order valence-corrected chi connectivity index (χ2v) is 7.91. The first kappa shape index (κ1) is 20.1. The highest BCUT2D eigenvalue weighted by atomic mass is 16.3. The van der Waals surface area contributed by atoms with Gasteiger partial charge in [0.05, 0.1) is 6.10 Å². The molecule has 3 atom stereocenters. The summed E-state index contributed by atoms with van der Waals surface area (Å²) in [5, 5.41) is 11.2. The highest BCUT2D eigenvalue weighted by Gasteiger charge is 2.39. The summed E-state index contributed by atoms with van der Waals surface area (Å²) >= 11 is 0. The topological polar surface area (TPSA) is 26.7 Å². The van der Waals surface area contributed by atoms with E-state index in [1.165, 1.54) is 24.0 Å². The standard InChI is InChI=1S/C24H34N2O/c1-3-4-17-26(19-21-13-9-6-10-14-21)23-16-15-22(24(23)27)25(2)18-20-11-7-5-8-12-20/h5-14,22-24,27H,3-4,15-19H2,1-2H3/t22-,23-,24-/m1/s1. The van der Waals surface area contributed by atoms with Crippen LogP contribution in [0.15, 0.2) is 60.7 Å². The lowest BCUT2D eigenvalue weighted by Crippen LogP contribution is -2.47. The van der Waals surface area contributed by atoms with Crippen molar-refractivity contribution >= 4 is 0 Å². The first-order chi connectivity index (χ1) is 13.2. The maximum Gasteiger partial charge on any atom is 0.0850 e. The Kier molecular flexibility index (Phi) is 7.45. The van der Waals surface area contributed by atoms with E-state index in [4.69, 9.17) is 0 Å². The van der Waals surface area contributed by atoms with Gasteiger partial charge in [-0.05, 0) is 44.0 Å². The van der Waals surface area contributed by atoms with Crippen molar-refractivity contribution in [3.8, 4) is 0 Å². The van der Waals surface area contributed by atoms with Crippen LogP contribution in [0.3, 0.4) is 0 Å². The first-order valence-corrected chi connectivity index (χ1v) is 10.4. The number of unbranched alkanes of at least 4 members (excludes halogenated alkanes) is 1. The molecule has 27 heavy (non-hydrogen) atoms. The molecule has 0 unspecified atom stereocenters. The van der Waals surface area contributed by atoms with Gasteiger partial charge in [-0.2, -0.15) is 0 Å². The summed E-state index contributed by atoms with van der Waals surface area (Å²) in [5.41, 5.74) is 2.64. The third kappa shape index (κ3) is 5.41. The van der Waals surface area contributed by atoms with Gasteiger partial charge in [0.2, 0.25) is 0 Å². The van der Waals surface area contributed by atoms with Crippen LogP contribution >= 0.6 is 0 Å². The Morgan fingerprint density at radius 2 is 1.41 bits per heavy atom. The van der Waals surface area contributed by atoms with Crippen molar-refractivity contribution in [2.45, 2.75) is 63.9 Å². The van der Waals surface area contributed by atoms with E-state index >= 15 is 0 Å². The van der Waals surface area contributed by atoms with Crippen LogP contribution in [0.25, 0.3) is 0 Å². The van der Waals surface area contributed by atoms with Gasteiger partial charge in [0.1, 0.15) is 0 Å². The maximum atomic E-state index is 11.2. The fourth-order valence-electron chi connectivity index (χ4n) is 4.35. The number of benzene rings is 2. The number of likely N-dealkylation sites (N-methyl/N-ethyl adjacent to an activating group) is 1. The van der Waals surface area contributed by atoms with Crippen LogP contribution in [0.5, 0.6) is 0 Å². The lowest BCUT2D eigenvalue weighted by atomic mass is 10.1. The first-order valence-electron chi connectivity index (χ1n) is 10.4. The second kappa shape index (κ2) is 10.0. The average Bonchev–Trinajstić information content (AvgIpc) is 3.08. The Balaban J connectivity index is 1.65. The molecule has 2 aromatic rings. The molecule has 0 radical (unpaired) electrons. The van der Waals surface area contributed by atoms with Gasteiger partial charge >= 0.3 is 0 Å². The molecule has 3 heteroatoms. The van der Waals surface area contributed by atoms with Crippen molar-refractivity contribution < 1.29 is 5.11 Å². The SMILES string of the molecule is CCCCN(Cc1ccccc1)[C@@H]1CC[C@@H](N(C)Cc2ccccc2)[C@H]1O. The summed E-state index contributed by atoms with van der Waals surface area (Å²) in [6.07, 6.45) is 4.21. The molecule has 3 rings (SSSR count). The van der Waals surface area contributed by atoms with E-state index in [2.05, 4.69) is 84.4 Å². The van der Waals surface area contributed by atoms with E-state index in [-0.39, 0.29) is 18.2 Å². The zero-order chi connectivity index (χ0) is 19.1. The van der Waals surface area contributed by atoms with Crippen molar-refractivity contribution in [2.24, 2.45) is 0 Å². The minimum Gasteiger partial charge on any atom is -0.390 e.